The monoisotopic (exact) mass is 564 g/mol. The van der Waals surface area contributed by atoms with Crippen molar-refractivity contribution in [3.05, 3.63) is 190 Å². The molecule has 0 atom stereocenters. The third kappa shape index (κ3) is 7.12. The first-order valence-corrected chi connectivity index (χ1v) is 15.2. The summed E-state index contributed by atoms with van der Waals surface area (Å²) in [4.78, 5) is 0. The zero-order valence-corrected chi connectivity index (χ0v) is 25.3. The number of fused-ring (bicyclic) bond motifs is 1. The number of hydrogen-bond acceptors (Lipinski definition) is 0. The summed E-state index contributed by atoms with van der Waals surface area (Å²) < 4.78 is 0. The second kappa shape index (κ2) is 13.7. The molecule has 0 saturated carbocycles. The van der Waals surface area contributed by atoms with E-state index in [0.29, 0.717) is 0 Å². The van der Waals surface area contributed by atoms with E-state index in [0.717, 1.165) is 0 Å². The fourth-order valence-corrected chi connectivity index (χ4v) is 5.53. The Kier molecular flexibility index (Phi) is 8.90. The van der Waals surface area contributed by atoms with Crippen molar-refractivity contribution in [1.82, 2.24) is 0 Å². The first-order valence-electron chi connectivity index (χ1n) is 15.2. The maximum Gasteiger partial charge on any atom is -0.00389 e. The lowest BCUT2D eigenvalue weighted by Gasteiger charge is -2.07. The lowest BCUT2D eigenvalue weighted by Crippen LogP contribution is -1.84. The Bertz CT molecular complexity index is 1820. The Morgan fingerprint density at radius 3 is 1.16 bits per heavy atom. The predicted molar refractivity (Wildman–Crippen MR) is 195 cm³/mol. The van der Waals surface area contributed by atoms with Crippen molar-refractivity contribution < 1.29 is 0 Å². The molecule has 0 aromatic heterocycles. The van der Waals surface area contributed by atoms with Gasteiger partial charge in [-0.15, -0.1) is 0 Å². The lowest BCUT2D eigenvalue weighted by molar-refractivity contribution is 1.57. The van der Waals surface area contributed by atoms with E-state index < -0.39 is 0 Å². The molecule has 0 bridgehead atoms. The molecule has 0 nitrogen and oxygen atoms in total. The molecule has 44 heavy (non-hydrogen) atoms. The van der Waals surface area contributed by atoms with Crippen molar-refractivity contribution in [1.29, 1.82) is 0 Å². The molecular weight excluding hydrogens is 528 g/mol. The lowest BCUT2D eigenvalue weighted by atomic mass is 9.97. The van der Waals surface area contributed by atoms with Crippen molar-refractivity contribution >= 4 is 58.4 Å². The average molecular weight is 565 g/mol. The second-order valence-electron chi connectivity index (χ2n) is 11.2. The van der Waals surface area contributed by atoms with Gasteiger partial charge in [0.25, 0.3) is 0 Å². The van der Waals surface area contributed by atoms with Crippen molar-refractivity contribution in [3.63, 3.8) is 0 Å². The number of hydrogen-bond donors (Lipinski definition) is 0. The minimum atomic E-state index is 1.18. The Balaban J connectivity index is 1.20. The van der Waals surface area contributed by atoms with E-state index in [1.165, 1.54) is 66.4 Å². The molecule has 0 fully saturated rings. The normalized spacial score (nSPS) is 12.4. The van der Waals surface area contributed by atoms with Crippen LogP contribution >= 0.6 is 0 Å². The van der Waals surface area contributed by atoms with Gasteiger partial charge in [-0.2, -0.15) is 0 Å². The van der Waals surface area contributed by atoms with Gasteiger partial charge in [-0.05, 0) is 80.3 Å². The molecule has 0 aliphatic carbocycles. The van der Waals surface area contributed by atoms with Crippen LogP contribution in [-0.2, 0) is 0 Å². The summed E-state index contributed by atoms with van der Waals surface area (Å²) in [5.74, 6) is 0. The Morgan fingerprint density at radius 2 is 0.750 bits per heavy atom. The summed E-state index contributed by atoms with van der Waals surface area (Å²) in [6.07, 6.45) is 13.4. The van der Waals surface area contributed by atoms with E-state index in [9.17, 15) is 0 Å². The van der Waals surface area contributed by atoms with Crippen molar-refractivity contribution in [2.75, 3.05) is 0 Å². The van der Waals surface area contributed by atoms with Crippen LogP contribution in [0.1, 0.15) is 58.4 Å². The third-order valence-electron chi connectivity index (χ3n) is 7.98. The highest BCUT2D eigenvalue weighted by molar-refractivity contribution is 6.00. The summed E-state index contributed by atoms with van der Waals surface area (Å²) in [6, 6.07) is 51.6. The minimum Gasteiger partial charge on any atom is -0.0622 e. The number of rotatable bonds is 8. The molecule has 6 aromatic rings. The van der Waals surface area contributed by atoms with Crippen LogP contribution in [0.25, 0.3) is 58.4 Å². The molecule has 0 N–H and O–H groups in total. The van der Waals surface area contributed by atoms with Gasteiger partial charge < -0.3 is 0 Å². The molecule has 0 spiro atoms. The largest absolute Gasteiger partial charge is 0.0622 e. The second-order valence-corrected chi connectivity index (χ2v) is 11.2. The van der Waals surface area contributed by atoms with Gasteiger partial charge in [0.15, 0.2) is 0 Å². The summed E-state index contributed by atoms with van der Waals surface area (Å²) in [7, 11) is 0. The quantitative estimate of drug-likeness (QED) is 0.161. The van der Waals surface area contributed by atoms with Gasteiger partial charge in [0.1, 0.15) is 0 Å². The van der Waals surface area contributed by atoms with E-state index in [4.69, 9.17) is 0 Å². The highest BCUT2D eigenvalue weighted by Crippen LogP contribution is 2.27. The molecule has 212 valence electrons. The van der Waals surface area contributed by atoms with Crippen molar-refractivity contribution in [3.8, 4) is 0 Å². The fourth-order valence-electron chi connectivity index (χ4n) is 5.53. The van der Waals surface area contributed by atoms with Gasteiger partial charge in [-0.1, -0.05) is 182 Å². The molecule has 0 radical (unpaired) electrons. The topological polar surface area (TPSA) is 0 Å². The molecule has 0 aliphatic heterocycles. The molecule has 0 unspecified atom stereocenters. The van der Waals surface area contributed by atoms with Gasteiger partial charge in [0.2, 0.25) is 0 Å². The van der Waals surface area contributed by atoms with E-state index in [-0.39, 0.29) is 0 Å². The highest BCUT2D eigenvalue weighted by Gasteiger charge is 2.03. The fraction of sp³-hybridized carbons (Fsp3) is 0.0455. The van der Waals surface area contributed by atoms with Gasteiger partial charge in [-0.25, -0.2) is 0 Å². The minimum absolute atomic E-state index is 1.18. The first kappa shape index (κ1) is 28.6. The maximum absolute atomic E-state index is 2.24. The summed E-state index contributed by atoms with van der Waals surface area (Å²) >= 11 is 0. The molecule has 0 aliphatic rings. The molecule has 0 saturated heterocycles. The van der Waals surface area contributed by atoms with Crippen LogP contribution in [0.3, 0.4) is 0 Å². The van der Waals surface area contributed by atoms with Crippen LogP contribution in [0.5, 0.6) is 0 Å². The third-order valence-corrected chi connectivity index (χ3v) is 7.98. The summed E-state index contributed by atoms with van der Waals surface area (Å²) in [5, 5.41) is 2.50. The van der Waals surface area contributed by atoms with E-state index in [1.54, 1.807) is 0 Å². The van der Waals surface area contributed by atoms with Crippen LogP contribution in [-0.4, -0.2) is 0 Å². The van der Waals surface area contributed by atoms with Crippen LogP contribution in [0.4, 0.5) is 0 Å². The standard InChI is InChI=1S/C44H36/c1-33(39-11-5-3-6-12-39)31-37-23-19-35(20-24-37)27-29-42-17-9-15-41-16-10-18-43(44(41)42)30-28-36-21-25-38(26-22-36)32-34(2)40-13-7-4-8-14-40/h3-32H,1-2H3/b29-27+,30-28+,33-31+,34-32+. The molecule has 0 heteroatoms. The van der Waals surface area contributed by atoms with Gasteiger partial charge in [-0.3, -0.25) is 0 Å². The molecule has 6 aromatic carbocycles. The number of allylic oxidation sites excluding steroid dienone is 2. The zero-order chi connectivity index (χ0) is 30.1. The highest BCUT2D eigenvalue weighted by atomic mass is 14.1. The van der Waals surface area contributed by atoms with Gasteiger partial charge >= 0.3 is 0 Å². The Hall–Kier alpha value is -5.46. The Morgan fingerprint density at radius 1 is 0.364 bits per heavy atom. The van der Waals surface area contributed by atoms with Gasteiger partial charge in [0, 0.05) is 0 Å². The van der Waals surface area contributed by atoms with E-state index in [2.05, 4.69) is 196 Å². The molecular formula is C44H36. The molecule has 0 amide bonds. The van der Waals surface area contributed by atoms with E-state index >= 15 is 0 Å². The Labute approximate surface area is 261 Å². The van der Waals surface area contributed by atoms with Crippen molar-refractivity contribution in [2.45, 2.75) is 13.8 Å². The maximum atomic E-state index is 2.24. The molecule has 0 heterocycles. The zero-order valence-electron chi connectivity index (χ0n) is 25.3. The summed E-state index contributed by atoms with van der Waals surface area (Å²) in [5.41, 5.74) is 12.2. The SMILES string of the molecule is C/C(=C\c1ccc(/C=C/c2cccc3cccc(/C=C/c4ccc(/C=C(\C)c5ccccc5)cc4)c23)cc1)c1ccccc1. The van der Waals surface area contributed by atoms with Gasteiger partial charge in [0.05, 0.1) is 0 Å². The van der Waals surface area contributed by atoms with E-state index in [1.807, 2.05) is 0 Å². The molecule has 6 rings (SSSR count). The first-order chi connectivity index (χ1) is 21.6. The predicted octanol–water partition coefficient (Wildman–Crippen LogP) is 12.3. The van der Waals surface area contributed by atoms with Crippen LogP contribution in [0.2, 0.25) is 0 Å². The van der Waals surface area contributed by atoms with Crippen molar-refractivity contribution in [2.24, 2.45) is 0 Å². The average Bonchev–Trinajstić information content (AvgIpc) is 3.08. The smallest absolute Gasteiger partial charge is 0.00389 e. The summed E-state index contributed by atoms with van der Waals surface area (Å²) in [6.45, 7) is 4.33. The number of benzene rings is 6. The van der Waals surface area contributed by atoms with Crippen LogP contribution in [0, 0.1) is 0 Å². The van der Waals surface area contributed by atoms with Crippen LogP contribution < -0.4 is 0 Å². The van der Waals surface area contributed by atoms with Crippen LogP contribution in [0.15, 0.2) is 146 Å².